The number of benzene rings is 2. The fourth-order valence-corrected chi connectivity index (χ4v) is 3.75. The molecular formula is C23H31ClN2O3. The van der Waals surface area contributed by atoms with Crippen LogP contribution in [0.15, 0.2) is 36.4 Å². The Morgan fingerprint density at radius 3 is 2.72 bits per heavy atom. The normalized spacial score (nSPS) is 14.7. The Balaban J connectivity index is 1.49. The van der Waals surface area contributed by atoms with E-state index in [9.17, 15) is 0 Å². The molecule has 0 saturated carbocycles. The van der Waals surface area contributed by atoms with Gasteiger partial charge in [-0.05, 0) is 49.7 Å². The lowest BCUT2D eigenvalue weighted by Crippen LogP contribution is -2.37. The van der Waals surface area contributed by atoms with Crippen molar-refractivity contribution in [3.63, 3.8) is 0 Å². The first-order valence-electron chi connectivity index (χ1n) is 10.2. The summed E-state index contributed by atoms with van der Waals surface area (Å²) in [6.45, 7) is 9.12. The van der Waals surface area contributed by atoms with Gasteiger partial charge in [-0.15, -0.1) is 0 Å². The van der Waals surface area contributed by atoms with Gasteiger partial charge >= 0.3 is 0 Å². The molecule has 1 saturated heterocycles. The van der Waals surface area contributed by atoms with Crippen LogP contribution in [0, 0.1) is 6.92 Å². The maximum absolute atomic E-state index is 6.50. The number of aryl methyl sites for hydroxylation is 1. The highest BCUT2D eigenvalue weighted by molar-refractivity contribution is 6.32. The molecule has 0 atom stereocenters. The Morgan fingerprint density at radius 2 is 1.97 bits per heavy atom. The van der Waals surface area contributed by atoms with E-state index in [2.05, 4.69) is 29.3 Å². The molecular weight excluding hydrogens is 388 g/mol. The molecule has 0 aliphatic carbocycles. The van der Waals surface area contributed by atoms with Gasteiger partial charge in [0, 0.05) is 19.6 Å². The molecule has 2 aromatic carbocycles. The lowest BCUT2D eigenvalue weighted by atomic mass is 10.1. The van der Waals surface area contributed by atoms with E-state index >= 15 is 0 Å². The monoisotopic (exact) mass is 418 g/mol. The van der Waals surface area contributed by atoms with Crippen LogP contribution >= 0.6 is 11.6 Å². The number of nitrogens with zero attached hydrogens (tertiary/aromatic N) is 1. The van der Waals surface area contributed by atoms with Crippen molar-refractivity contribution in [2.75, 3.05) is 46.5 Å². The topological polar surface area (TPSA) is 43.0 Å². The minimum Gasteiger partial charge on any atom is -0.493 e. The second kappa shape index (κ2) is 11.4. The fraction of sp³-hybridized carbons (Fsp3) is 0.478. The largest absolute Gasteiger partial charge is 0.493 e. The molecule has 0 aromatic heterocycles. The molecule has 0 amide bonds. The summed E-state index contributed by atoms with van der Waals surface area (Å²) in [6.07, 6.45) is 1.11. The number of nitrogens with one attached hydrogen (secondary N) is 1. The van der Waals surface area contributed by atoms with Crippen LogP contribution in [0.5, 0.6) is 11.5 Å². The maximum Gasteiger partial charge on any atom is 0.180 e. The standard InChI is InChI=1S/C23H31ClN2O3/c1-18-5-3-6-19(13-18)17-29-23-21(24)14-20(15-22(23)27-2)16-25-7-4-8-26-9-11-28-12-10-26/h3,5-6,13-15,25H,4,7-12,16-17H2,1-2H3. The van der Waals surface area contributed by atoms with Crippen molar-refractivity contribution < 1.29 is 14.2 Å². The predicted octanol–water partition coefficient (Wildman–Crippen LogP) is 4.05. The van der Waals surface area contributed by atoms with Gasteiger partial charge in [0.1, 0.15) is 6.61 Å². The third-order valence-corrected chi connectivity index (χ3v) is 5.30. The number of hydrogen-bond acceptors (Lipinski definition) is 5. The van der Waals surface area contributed by atoms with E-state index in [0.717, 1.165) is 63.5 Å². The Hall–Kier alpha value is -1.79. The molecule has 1 aliphatic rings. The maximum atomic E-state index is 6.50. The van der Waals surface area contributed by atoms with E-state index < -0.39 is 0 Å². The molecule has 5 nitrogen and oxygen atoms in total. The highest BCUT2D eigenvalue weighted by Crippen LogP contribution is 2.37. The van der Waals surface area contributed by atoms with Gasteiger partial charge in [0.05, 0.1) is 25.3 Å². The zero-order chi connectivity index (χ0) is 20.5. The summed E-state index contributed by atoms with van der Waals surface area (Å²) in [5.41, 5.74) is 3.40. The molecule has 6 heteroatoms. The van der Waals surface area contributed by atoms with Crippen molar-refractivity contribution in [1.82, 2.24) is 10.2 Å². The highest BCUT2D eigenvalue weighted by Gasteiger charge is 2.13. The molecule has 29 heavy (non-hydrogen) atoms. The number of ether oxygens (including phenoxy) is 3. The van der Waals surface area contributed by atoms with Gasteiger partial charge in [-0.25, -0.2) is 0 Å². The van der Waals surface area contributed by atoms with E-state index in [1.54, 1.807) is 7.11 Å². The van der Waals surface area contributed by atoms with Gasteiger partial charge in [-0.3, -0.25) is 4.90 Å². The van der Waals surface area contributed by atoms with E-state index in [1.165, 1.54) is 5.56 Å². The first kappa shape index (κ1) is 21.9. The molecule has 0 unspecified atom stereocenters. The van der Waals surface area contributed by atoms with Crippen molar-refractivity contribution >= 4 is 11.6 Å². The Labute approximate surface area is 178 Å². The Kier molecular flexibility index (Phi) is 8.62. The van der Waals surface area contributed by atoms with E-state index in [-0.39, 0.29) is 0 Å². The summed E-state index contributed by atoms with van der Waals surface area (Å²) in [6, 6.07) is 12.2. The van der Waals surface area contributed by atoms with Crippen molar-refractivity contribution in [3.8, 4) is 11.5 Å². The molecule has 1 heterocycles. The van der Waals surface area contributed by atoms with Crippen LogP contribution in [0.25, 0.3) is 0 Å². The lowest BCUT2D eigenvalue weighted by Gasteiger charge is -2.26. The zero-order valence-electron chi connectivity index (χ0n) is 17.4. The average molecular weight is 419 g/mol. The molecule has 1 N–H and O–H groups in total. The first-order chi connectivity index (χ1) is 14.2. The van der Waals surface area contributed by atoms with Gasteiger partial charge in [-0.1, -0.05) is 41.4 Å². The third-order valence-electron chi connectivity index (χ3n) is 5.02. The van der Waals surface area contributed by atoms with Gasteiger partial charge < -0.3 is 19.5 Å². The van der Waals surface area contributed by atoms with Crippen LogP contribution in [0.2, 0.25) is 5.02 Å². The van der Waals surface area contributed by atoms with E-state index in [1.807, 2.05) is 24.3 Å². The third kappa shape index (κ3) is 6.89. The number of rotatable bonds is 10. The van der Waals surface area contributed by atoms with Crippen molar-refractivity contribution in [2.45, 2.75) is 26.5 Å². The quantitative estimate of drug-likeness (QED) is 0.589. The van der Waals surface area contributed by atoms with E-state index in [4.69, 9.17) is 25.8 Å². The second-order valence-corrected chi connectivity index (χ2v) is 7.78. The predicted molar refractivity (Wildman–Crippen MR) is 117 cm³/mol. The van der Waals surface area contributed by atoms with Crippen molar-refractivity contribution in [3.05, 3.63) is 58.1 Å². The SMILES string of the molecule is COc1cc(CNCCCN2CCOCC2)cc(Cl)c1OCc1cccc(C)c1. The molecule has 1 aliphatic heterocycles. The van der Waals surface area contributed by atoms with Crippen LogP contribution in [0.1, 0.15) is 23.1 Å². The lowest BCUT2D eigenvalue weighted by molar-refractivity contribution is 0.0374. The minimum absolute atomic E-state index is 0.455. The summed E-state index contributed by atoms with van der Waals surface area (Å²) in [5, 5.41) is 4.06. The average Bonchev–Trinajstić information content (AvgIpc) is 2.73. The molecule has 2 aromatic rings. The summed E-state index contributed by atoms with van der Waals surface area (Å²) >= 11 is 6.50. The molecule has 3 rings (SSSR count). The zero-order valence-corrected chi connectivity index (χ0v) is 18.1. The summed E-state index contributed by atoms with van der Waals surface area (Å²) < 4.78 is 16.9. The molecule has 0 bridgehead atoms. The van der Waals surface area contributed by atoms with Crippen LogP contribution in [0.3, 0.4) is 0 Å². The van der Waals surface area contributed by atoms with Crippen LogP contribution in [-0.4, -0.2) is 51.4 Å². The summed E-state index contributed by atoms with van der Waals surface area (Å²) in [7, 11) is 1.64. The van der Waals surface area contributed by atoms with Crippen molar-refractivity contribution in [1.29, 1.82) is 0 Å². The Bertz CT molecular complexity index is 779. The minimum atomic E-state index is 0.455. The number of hydrogen-bond donors (Lipinski definition) is 1. The van der Waals surface area contributed by atoms with Gasteiger partial charge in [0.2, 0.25) is 0 Å². The second-order valence-electron chi connectivity index (χ2n) is 7.37. The fourth-order valence-electron chi connectivity index (χ4n) is 3.46. The van der Waals surface area contributed by atoms with E-state index in [0.29, 0.717) is 23.1 Å². The van der Waals surface area contributed by atoms with Gasteiger partial charge in [0.25, 0.3) is 0 Å². The van der Waals surface area contributed by atoms with Crippen LogP contribution in [0.4, 0.5) is 0 Å². The smallest absolute Gasteiger partial charge is 0.180 e. The molecule has 0 spiro atoms. The van der Waals surface area contributed by atoms with Gasteiger partial charge in [-0.2, -0.15) is 0 Å². The molecule has 1 fully saturated rings. The van der Waals surface area contributed by atoms with Crippen LogP contribution in [-0.2, 0) is 17.9 Å². The number of halogens is 1. The molecule has 158 valence electrons. The summed E-state index contributed by atoms with van der Waals surface area (Å²) in [5.74, 6) is 1.25. The van der Waals surface area contributed by atoms with Gasteiger partial charge in [0.15, 0.2) is 11.5 Å². The van der Waals surface area contributed by atoms with Crippen molar-refractivity contribution in [2.24, 2.45) is 0 Å². The number of morpholine rings is 1. The highest BCUT2D eigenvalue weighted by atomic mass is 35.5. The van der Waals surface area contributed by atoms with Crippen LogP contribution < -0.4 is 14.8 Å². The first-order valence-corrected chi connectivity index (χ1v) is 10.6. The molecule has 0 radical (unpaired) electrons. The number of methoxy groups -OCH3 is 1. The summed E-state index contributed by atoms with van der Waals surface area (Å²) in [4.78, 5) is 2.45. The Morgan fingerprint density at radius 1 is 1.14 bits per heavy atom.